The number of hydrogen-bond acceptors (Lipinski definition) is 3. The maximum atomic E-state index is 2.28. The van der Waals surface area contributed by atoms with Crippen LogP contribution in [0.2, 0.25) is 12.6 Å². The molecule has 0 aromatic carbocycles. The van der Waals surface area contributed by atoms with Crippen LogP contribution in [0, 0.1) is 0 Å². The molecule has 0 aliphatic carbocycles. The van der Waals surface area contributed by atoms with Crippen molar-refractivity contribution in [3.8, 4) is 0 Å². The minimum Gasteiger partial charge on any atom is -0.228 e. The van der Waals surface area contributed by atoms with E-state index in [1.165, 1.54) is 25.5 Å². The monoisotopic (exact) mass is 204 g/mol. The van der Waals surface area contributed by atoms with Crippen LogP contribution in [-0.2, 0) is 0 Å². The highest BCUT2D eigenvalue weighted by atomic mass is 33.1. The van der Waals surface area contributed by atoms with Crippen LogP contribution >= 0.6 is 32.8 Å². The van der Waals surface area contributed by atoms with Gasteiger partial charge < -0.3 is 0 Å². The van der Waals surface area contributed by atoms with E-state index < -0.39 is 0 Å². The second-order valence-electron chi connectivity index (χ2n) is 2.76. The van der Waals surface area contributed by atoms with Crippen molar-refractivity contribution in [2.45, 2.75) is 39.3 Å². The molecule has 5 heteroatoms. The zero-order valence-corrected chi connectivity index (χ0v) is 9.66. The van der Waals surface area contributed by atoms with Gasteiger partial charge in [-0.1, -0.05) is 39.3 Å². The van der Waals surface area contributed by atoms with Crippen LogP contribution in [-0.4, -0.2) is 10.5 Å². The van der Waals surface area contributed by atoms with Gasteiger partial charge >= 0.3 is 0 Å². The number of rotatable bonds is 4. The Morgan fingerprint density at radius 1 is 0.909 bits per heavy atom. The van der Waals surface area contributed by atoms with Crippen molar-refractivity contribution in [2.75, 3.05) is 0 Å². The highest BCUT2D eigenvalue weighted by Crippen LogP contribution is 2.49. The Hall–Kier alpha value is 1.18. The summed E-state index contributed by atoms with van der Waals surface area (Å²) in [4.78, 5) is 0. The Balaban J connectivity index is 2.12. The minimum atomic E-state index is 0.890. The molecule has 0 aromatic rings. The molecule has 0 nitrogen and oxygen atoms in total. The summed E-state index contributed by atoms with van der Waals surface area (Å²) in [7, 11) is 4.19. The van der Waals surface area contributed by atoms with E-state index in [4.69, 9.17) is 0 Å². The van der Waals surface area contributed by atoms with Gasteiger partial charge in [0, 0.05) is 0 Å². The van der Waals surface area contributed by atoms with E-state index in [2.05, 4.69) is 46.6 Å². The first-order valence-electron chi connectivity index (χ1n) is 4.34. The fourth-order valence-corrected chi connectivity index (χ4v) is 7.37. The normalized spacial score (nSPS) is 18.0. The van der Waals surface area contributed by atoms with Crippen LogP contribution in [0.3, 0.4) is 0 Å². The van der Waals surface area contributed by atoms with Gasteiger partial charge in [0.1, 0.15) is 0 Å². The van der Waals surface area contributed by atoms with Gasteiger partial charge in [-0.25, -0.2) is 11.5 Å². The summed E-state index contributed by atoms with van der Waals surface area (Å²) in [5.74, 6) is 0. The maximum absolute atomic E-state index is 2.28. The van der Waals surface area contributed by atoms with Crippen molar-refractivity contribution < 1.29 is 0 Å². The van der Waals surface area contributed by atoms with E-state index in [-0.39, 0.29) is 0 Å². The molecule has 1 rings (SSSR count). The highest BCUT2D eigenvalue weighted by molar-refractivity contribution is 9.12. The molecule has 0 aromatic heterocycles. The van der Waals surface area contributed by atoms with Crippen LogP contribution in [0.1, 0.15) is 26.7 Å². The lowest BCUT2D eigenvalue weighted by Gasteiger charge is -2.00. The Kier molecular flexibility index (Phi) is 5.38. The first kappa shape index (κ1) is 10.3. The maximum Gasteiger partial charge on any atom is 0.276 e. The molecule has 0 amide bonds. The molecular formula is C6H14B2S3. The fourth-order valence-electron chi connectivity index (χ4n) is 1.04. The van der Waals surface area contributed by atoms with Gasteiger partial charge in [-0.3, -0.25) is 0 Å². The predicted molar refractivity (Wildman–Crippen MR) is 64.5 cm³/mol. The molecule has 0 bridgehead atoms. The van der Waals surface area contributed by atoms with Gasteiger partial charge in [0.05, 0.1) is 0 Å². The minimum absolute atomic E-state index is 0.890. The molecule has 0 unspecified atom stereocenters. The second-order valence-corrected chi connectivity index (χ2v) is 7.45. The van der Waals surface area contributed by atoms with E-state index in [9.17, 15) is 0 Å². The molecule has 1 aliphatic rings. The molecule has 0 spiro atoms. The molecular weight excluding hydrogens is 190 g/mol. The van der Waals surface area contributed by atoms with Gasteiger partial charge in [0.2, 0.25) is 0 Å². The van der Waals surface area contributed by atoms with Crippen molar-refractivity contribution in [1.29, 1.82) is 0 Å². The molecule has 0 N–H and O–H groups in total. The second kappa shape index (κ2) is 5.76. The van der Waals surface area contributed by atoms with Crippen molar-refractivity contribution in [3.63, 3.8) is 0 Å². The molecule has 11 heavy (non-hydrogen) atoms. The summed E-state index contributed by atoms with van der Waals surface area (Å²) >= 11 is 2.19. The van der Waals surface area contributed by atoms with Crippen molar-refractivity contribution >= 4 is 43.3 Å². The SMILES string of the molecule is CCCB1SSB(CCC)S1. The third kappa shape index (κ3) is 3.60. The Morgan fingerprint density at radius 2 is 1.36 bits per heavy atom. The van der Waals surface area contributed by atoms with Crippen molar-refractivity contribution in [3.05, 3.63) is 0 Å². The van der Waals surface area contributed by atoms with Gasteiger partial charge in [-0.2, -0.15) is 0 Å². The average Bonchev–Trinajstić information content (AvgIpc) is 2.38. The largest absolute Gasteiger partial charge is 0.276 e. The van der Waals surface area contributed by atoms with Crippen LogP contribution in [0.5, 0.6) is 0 Å². The lowest BCUT2D eigenvalue weighted by molar-refractivity contribution is 1.08. The summed E-state index contributed by atoms with van der Waals surface area (Å²) in [6, 6.07) is 0. The Labute approximate surface area is 82.6 Å². The average molecular weight is 204 g/mol. The van der Waals surface area contributed by atoms with Crippen molar-refractivity contribution in [2.24, 2.45) is 0 Å². The van der Waals surface area contributed by atoms with Gasteiger partial charge in [0.15, 0.2) is 0 Å². The zero-order chi connectivity index (χ0) is 8.10. The third-order valence-electron chi connectivity index (χ3n) is 1.62. The van der Waals surface area contributed by atoms with E-state index in [1.807, 2.05) is 0 Å². The van der Waals surface area contributed by atoms with E-state index >= 15 is 0 Å². The van der Waals surface area contributed by atoms with E-state index in [0.29, 0.717) is 0 Å². The summed E-state index contributed by atoms with van der Waals surface area (Å²) in [6.45, 7) is 4.55. The van der Waals surface area contributed by atoms with Crippen LogP contribution in [0.4, 0.5) is 0 Å². The van der Waals surface area contributed by atoms with Gasteiger partial charge in [0.25, 0.3) is 10.5 Å². The van der Waals surface area contributed by atoms with Crippen LogP contribution in [0.25, 0.3) is 0 Å². The van der Waals surface area contributed by atoms with Crippen LogP contribution in [0.15, 0.2) is 0 Å². The highest BCUT2D eigenvalue weighted by Gasteiger charge is 2.31. The topological polar surface area (TPSA) is 0 Å². The van der Waals surface area contributed by atoms with Gasteiger partial charge in [-0.05, 0) is 0 Å². The predicted octanol–water partition coefficient (Wildman–Crippen LogP) is 3.91. The molecule has 62 valence electrons. The quantitative estimate of drug-likeness (QED) is 0.503. The van der Waals surface area contributed by atoms with Crippen LogP contribution < -0.4 is 0 Å². The molecule has 0 atom stereocenters. The van der Waals surface area contributed by atoms with Crippen molar-refractivity contribution in [1.82, 2.24) is 0 Å². The zero-order valence-electron chi connectivity index (χ0n) is 7.21. The Morgan fingerprint density at radius 3 is 1.73 bits per heavy atom. The molecule has 1 fully saturated rings. The summed E-state index contributed by atoms with van der Waals surface area (Å²) in [6.07, 6.45) is 5.46. The standard InChI is InChI=1S/C6H14B2S3/c1-3-5-7-9-8(6-4-2)11-10-7/h3-6H2,1-2H3. The Bertz CT molecular complexity index is 100. The van der Waals surface area contributed by atoms with E-state index in [0.717, 1.165) is 10.5 Å². The summed E-state index contributed by atoms with van der Waals surface area (Å²) in [5.41, 5.74) is 0. The third-order valence-corrected chi connectivity index (χ3v) is 7.41. The molecule has 1 saturated heterocycles. The first-order chi connectivity index (χ1) is 5.36. The lowest BCUT2D eigenvalue weighted by Crippen LogP contribution is -2.01. The molecule has 1 heterocycles. The molecule has 0 saturated carbocycles. The van der Waals surface area contributed by atoms with Gasteiger partial charge in [-0.15, -0.1) is 21.3 Å². The number of hydrogen-bond donors (Lipinski definition) is 0. The van der Waals surface area contributed by atoms with E-state index in [1.54, 1.807) is 0 Å². The fraction of sp³-hybridized carbons (Fsp3) is 1.00. The molecule has 0 radical (unpaired) electrons. The smallest absolute Gasteiger partial charge is 0.228 e. The molecule has 1 aliphatic heterocycles. The summed E-state index contributed by atoms with van der Waals surface area (Å²) < 4.78 is 0. The lowest BCUT2D eigenvalue weighted by atomic mass is 9.97. The summed E-state index contributed by atoms with van der Waals surface area (Å²) in [5, 5.41) is 1.78. The first-order valence-corrected chi connectivity index (χ1v) is 7.56.